The van der Waals surface area contributed by atoms with E-state index in [9.17, 15) is 9.90 Å². The van der Waals surface area contributed by atoms with Gasteiger partial charge in [-0.25, -0.2) is 4.68 Å². The first-order valence-electron chi connectivity index (χ1n) is 10.7. The van der Waals surface area contributed by atoms with Gasteiger partial charge in [-0.2, -0.15) is 10.2 Å². The smallest absolute Gasteiger partial charge is 0.320 e. The predicted octanol–water partition coefficient (Wildman–Crippen LogP) is 4.18. The molecule has 3 aromatic heterocycles. The molecule has 8 nitrogen and oxygen atoms in total. The van der Waals surface area contributed by atoms with E-state index >= 15 is 0 Å². The van der Waals surface area contributed by atoms with E-state index in [-0.39, 0.29) is 0 Å². The van der Waals surface area contributed by atoms with Gasteiger partial charge in [0.1, 0.15) is 17.3 Å². The molecule has 1 unspecified atom stereocenters. The molecule has 5 aromatic rings. The maximum atomic E-state index is 11.9. The summed E-state index contributed by atoms with van der Waals surface area (Å²) in [7, 11) is 0. The highest BCUT2D eigenvalue weighted by Crippen LogP contribution is 2.30. The van der Waals surface area contributed by atoms with Crippen molar-refractivity contribution in [1.82, 2.24) is 25.3 Å². The van der Waals surface area contributed by atoms with Gasteiger partial charge in [0.05, 0.1) is 11.9 Å². The van der Waals surface area contributed by atoms with Gasteiger partial charge in [-0.1, -0.05) is 36.4 Å². The van der Waals surface area contributed by atoms with Crippen LogP contribution in [-0.2, 0) is 17.8 Å². The molecule has 0 bridgehead atoms. The molecule has 8 heteroatoms. The van der Waals surface area contributed by atoms with Crippen LogP contribution in [0.4, 0.5) is 0 Å². The van der Waals surface area contributed by atoms with Crippen LogP contribution in [-0.4, -0.2) is 37.1 Å². The summed E-state index contributed by atoms with van der Waals surface area (Å²) in [5, 5.41) is 25.3. The number of carboxylic acids is 1. The van der Waals surface area contributed by atoms with Crippen LogP contribution >= 0.6 is 0 Å². The Labute approximate surface area is 189 Å². The summed E-state index contributed by atoms with van der Waals surface area (Å²) >= 11 is 0. The molecule has 0 aliphatic carbocycles. The van der Waals surface area contributed by atoms with Crippen LogP contribution in [0.25, 0.3) is 28.1 Å². The number of H-pyrrole nitrogens is 1. The summed E-state index contributed by atoms with van der Waals surface area (Å²) < 4.78 is 7.86. The molecule has 0 amide bonds. The number of aromatic amines is 1. The number of aliphatic carboxylic acids is 1. The lowest BCUT2D eigenvalue weighted by atomic mass is 10.1. The third-order valence-electron chi connectivity index (χ3n) is 5.58. The second kappa shape index (κ2) is 9.13. The van der Waals surface area contributed by atoms with Crippen LogP contribution < -0.4 is 5.32 Å². The lowest BCUT2D eigenvalue weighted by Crippen LogP contribution is -2.36. The molecule has 0 saturated heterocycles. The van der Waals surface area contributed by atoms with Crippen molar-refractivity contribution in [3.63, 3.8) is 0 Å². The molecule has 0 fully saturated rings. The number of aryl methyl sites for hydroxylation is 1. The van der Waals surface area contributed by atoms with Crippen LogP contribution in [0.15, 0.2) is 83.7 Å². The van der Waals surface area contributed by atoms with Crippen molar-refractivity contribution in [3.8, 4) is 17.1 Å². The molecule has 166 valence electrons. The first-order chi connectivity index (χ1) is 16.2. The third kappa shape index (κ3) is 4.56. The number of nitrogens with one attached hydrogen (secondary N) is 2. The van der Waals surface area contributed by atoms with E-state index in [1.807, 2.05) is 66.9 Å². The van der Waals surface area contributed by atoms with E-state index < -0.39 is 12.0 Å². The van der Waals surface area contributed by atoms with Gasteiger partial charge in [0.15, 0.2) is 5.76 Å². The molecular weight excluding hydrogens is 418 g/mol. The van der Waals surface area contributed by atoms with Gasteiger partial charge in [0.2, 0.25) is 0 Å². The monoisotopic (exact) mass is 441 g/mol. The third-order valence-corrected chi connectivity index (χ3v) is 5.58. The zero-order chi connectivity index (χ0) is 22.6. The standard InChI is InChI=1S/C25H23N5O3/c31-25(32)21(11-10-17-13-27-28-14-17)26-15-19-16-30(20-7-2-1-3-8-20)29-24(19)23-12-18-6-4-5-9-22(18)33-23/h1-9,12-14,16,21,26H,10-11,15H2,(H,27,28)(H,31,32). The van der Waals surface area contributed by atoms with Gasteiger partial charge in [0, 0.05) is 29.9 Å². The SMILES string of the molecule is O=C(O)C(CCc1cn[nH]c1)NCc1cn(-c2ccccc2)nc1-c1cc2ccccc2o1. The largest absolute Gasteiger partial charge is 0.480 e. The minimum Gasteiger partial charge on any atom is -0.480 e. The van der Waals surface area contributed by atoms with Gasteiger partial charge in [-0.15, -0.1) is 0 Å². The highest BCUT2D eigenvalue weighted by molar-refractivity contribution is 5.82. The van der Waals surface area contributed by atoms with Gasteiger partial charge in [-0.05, 0) is 42.7 Å². The summed E-state index contributed by atoms with van der Waals surface area (Å²) in [4.78, 5) is 11.9. The van der Waals surface area contributed by atoms with E-state index in [2.05, 4.69) is 15.5 Å². The number of carboxylic acid groups (broad SMARTS) is 1. The molecule has 0 aliphatic rings. The number of rotatable bonds is 9. The number of carbonyl (C=O) groups is 1. The number of furan rings is 1. The first-order valence-corrected chi connectivity index (χ1v) is 10.7. The van der Waals surface area contributed by atoms with Crippen molar-refractivity contribution in [2.75, 3.05) is 0 Å². The zero-order valence-electron chi connectivity index (χ0n) is 17.8. The second-order valence-corrected chi connectivity index (χ2v) is 7.85. The molecule has 0 radical (unpaired) electrons. The Morgan fingerprint density at radius 2 is 1.97 bits per heavy atom. The van der Waals surface area contributed by atoms with E-state index in [1.165, 1.54) is 0 Å². The number of fused-ring (bicyclic) bond motifs is 1. The van der Waals surface area contributed by atoms with Crippen molar-refractivity contribution in [2.24, 2.45) is 0 Å². The van der Waals surface area contributed by atoms with Crippen LogP contribution in [0.2, 0.25) is 0 Å². The average Bonchev–Trinajstić information content (AvgIpc) is 3.58. The van der Waals surface area contributed by atoms with Crippen molar-refractivity contribution in [2.45, 2.75) is 25.4 Å². The van der Waals surface area contributed by atoms with E-state index in [1.54, 1.807) is 17.1 Å². The van der Waals surface area contributed by atoms with Crippen molar-refractivity contribution in [3.05, 3.63) is 90.4 Å². The van der Waals surface area contributed by atoms with Crippen molar-refractivity contribution < 1.29 is 14.3 Å². The molecule has 1 atom stereocenters. The van der Waals surface area contributed by atoms with E-state index in [0.717, 1.165) is 27.8 Å². The number of hydrogen-bond donors (Lipinski definition) is 3. The van der Waals surface area contributed by atoms with E-state index in [4.69, 9.17) is 9.52 Å². The number of nitrogens with zero attached hydrogens (tertiary/aromatic N) is 3. The van der Waals surface area contributed by atoms with Gasteiger partial charge in [0.25, 0.3) is 0 Å². The van der Waals surface area contributed by atoms with E-state index in [0.29, 0.717) is 30.8 Å². The van der Waals surface area contributed by atoms with Crippen LogP contribution in [0, 0.1) is 0 Å². The molecule has 0 aliphatic heterocycles. The molecule has 5 rings (SSSR count). The normalized spacial score (nSPS) is 12.2. The molecular formula is C25H23N5O3. The Kier molecular flexibility index (Phi) is 5.73. The molecule has 3 N–H and O–H groups in total. The summed E-state index contributed by atoms with van der Waals surface area (Å²) in [6, 6.07) is 18.8. The lowest BCUT2D eigenvalue weighted by molar-refractivity contribution is -0.139. The van der Waals surface area contributed by atoms with Crippen molar-refractivity contribution >= 4 is 16.9 Å². The Morgan fingerprint density at radius 3 is 2.73 bits per heavy atom. The minimum absolute atomic E-state index is 0.335. The molecule has 2 aromatic carbocycles. The first kappa shape index (κ1) is 20.7. The quantitative estimate of drug-likeness (QED) is 0.317. The lowest BCUT2D eigenvalue weighted by Gasteiger charge is -2.13. The maximum Gasteiger partial charge on any atom is 0.320 e. The average molecular weight is 441 g/mol. The Balaban J connectivity index is 1.43. The van der Waals surface area contributed by atoms with Crippen molar-refractivity contribution in [1.29, 1.82) is 0 Å². The second-order valence-electron chi connectivity index (χ2n) is 7.85. The zero-order valence-corrected chi connectivity index (χ0v) is 17.8. The Hall–Kier alpha value is -4.17. The minimum atomic E-state index is -0.890. The summed E-state index contributed by atoms with van der Waals surface area (Å²) in [5.74, 6) is -0.243. The fourth-order valence-electron chi connectivity index (χ4n) is 3.83. The molecule has 0 spiro atoms. The van der Waals surface area contributed by atoms with Crippen LogP contribution in [0.1, 0.15) is 17.5 Å². The molecule has 33 heavy (non-hydrogen) atoms. The Bertz CT molecular complexity index is 1320. The number of hydrogen-bond acceptors (Lipinski definition) is 5. The topological polar surface area (TPSA) is 109 Å². The van der Waals surface area contributed by atoms with Gasteiger partial charge < -0.3 is 14.8 Å². The molecule has 3 heterocycles. The number of benzene rings is 2. The summed E-state index contributed by atoms with van der Waals surface area (Å²) in [6.45, 7) is 0.335. The van der Waals surface area contributed by atoms with Gasteiger partial charge >= 0.3 is 5.97 Å². The fraction of sp³-hybridized carbons (Fsp3) is 0.160. The fourth-order valence-corrected chi connectivity index (χ4v) is 3.83. The molecule has 0 saturated carbocycles. The summed E-state index contributed by atoms with van der Waals surface area (Å²) in [5.41, 5.74) is 4.21. The Morgan fingerprint density at radius 1 is 1.15 bits per heavy atom. The maximum absolute atomic E-state index is 11.9. The number of para-hydroxylation sites is 2. The highest BCUT2D eigenvalue weighted by atomic mass is 16.4. The van der Waals surface area contributed by atoms with Crippen LogP contribution in [0.3, 0.4) is 0 Å². The number of aromatic nitrogens is 4. The highest BCUT2D eigenvalue weighted by Gasteiger charge is 2.21. The summed E-state index contributed by atoms with van der Waals surface area (Å²) in [6.07, 6.45) is 6.46. The predicted molar refractivity (Wildman–Crippen MR) is 124 cm³/mol. The van der Waals surface area contributed by atoms with Gasteiger partial charge in [-0.3, -0.25) is 9.89 Å². The van der Waals surface area contributed by atoms with Crippen LogP contribution in [0.5, 0.6) is 0 Å².